The third kappa shape index (κ3) is 5.52. The summed E-state index contributed by atoms with van der Waals surface area (Å²) in [7, 11) is 0. The van der Waals surface area contributed by atoms with E-state index in [1.807, 2.05) is 0 Å². The number of nitrogens with one attached hydrogen (secondary N) is 1. The zero-order valence-corrected chi connectivity index (χ0v) is 14.2. The normalized spacial score (nSPS) is 12.8. The van der Waals surface area contributed by atoms with Gasteiger partial charge in [0.25, 0.3) is 0 Å². The molecule has 0 aliphatic heterocycles. The molecule has 0 saturated carbocycles. The highest BCUT2D eigenvalue weighted by Crippen LogP contribution is 2.31. The van der Waals surface area contributed by atoms with Gasteiger partial charge in [0.05, 0.1) is 23.8 Å². The minimum atomic E-state index is -4.36. The maximum Gasteiger partial charge on any atom is 0.416 e. The second kappa shape index (κ2) is 8.41. The lowest BCUT2D eigenvalue weighted by Gasteiger charge is -2.10. The summed E-state index contributed by atoms with van der Waals surface area (Å²) in [6, 6.07) is 4.18. The van der Waals surface area contributed by atoms with Crippen LogP contribution in [0.4, 0.5) is 13.2 Å². The summed E-state index contributed by atoms with van der Waals surface area (Å²) in [6.07, 6.45) is -3.18. The van der Waals surface area contributed by atoms with Crippen LogP contribution in [0.15, 0.2) is 29.6 Å². The number of benzene rings is 1. The summed E-state index contributed by atoms with van der Waals surface area (Å²) in [5.41, 5.74) is 11.6. The fourth-order valence-electron chi connectivity index (χ4n) is 2.12. The highest BCUT2D eigenvalue weighted by molar-refractivity contribution is 7.09. The molecule has 136 valence electrons. The molecule has 2 rings (SSSR count). The predicted octanol–water partition coefficient (Wildman–Crippen LogP) is 2.51. The lowest BCUT2D eigenvalue weighted by molar-refractivity contribution is -0.137. The van der Waals surface area contributed by atoms with E-state index in [1.165, 1.54) is 23.5 Å². The molecule has 0 aliphatic carbocycles. The third-order valence-corrected chi connectivity index (χ3v) is 4.38. The molecular formula is C16H19F3N4OS. The van der Waals surface area contributed by atoms with Crippen molar-refractivity contribution in [2.75, 3.05) is 6.54 Å². The molecule has 5 nitrogen and oxygen atoms in total. The number of alkyl halides is 3. The predicted molar refractivity (Wildman–Crippen MR) is 90.7 cm³/mol. The van der Waals surface area contributed by atoms with Crippen LogP contribution < -0.4 is 16.8 Å². The molecule has 1 atom stereocenters. The van der Waals surface area contributed by atoms with Gasteiger partial charge in [0.1, 0.15) is 5.01 Å². The molecule has 2 aromatic rings. The number of rotatable bonds is 7. The lowest BCUT2D eigenvalue weighted by Crippen LogP contribution is -2.40. The number of hydrogen-bond donors (Lipinski definition) is 3. The van der Waals surface area contributed by atoms with E-state index in [0.717, 1.165) is 12.1 Å². The first-order valence-electron chi connectivity index (χ1n) is 7.66. The van der Waals surface area contributed by atoms with Crippen LogP contribution in [0.3, 0.4) is 0 Å². The Labute approximate surface area is 147 Å². The van der Waals surface area contributed by atoms with Gasteiger partial charge in [-0.05, 0) is 31.5 Å². The van der Waals surface area contributed by atoms with Gasteiger partial charge in [-0.25, -0.2) is 4.98 Å². The fourth-order valence-corrected chi connectivity index (χ4v) is 2.86. The molecule has 1 heterocycles. The van der Waals surface area contributed by atoms with Crippen molar-refractivity contribution < 1.29 is 18.0 Å². The van der Waals surface area contributed by atoms with Crippen LogP contribution in [-0.4, -0.2) is 23.5 Å². The fraction of sp³-hybridized carbons (Fsp3) is 0.375. The SMILES string of the molecule is NCCCC(N)C(=O)NCc1nc(-c2ccc(C(F)(F)F)cc2)cs1. The van der Waals surface area contributed by atoms with E-state index in [9.17, 15) is 18.0 Å². The van der Waals surface area contributed by atoms with Gasteiger partial charge in [0, 0.05) is 10.9 Å². The maximum atomic E-state index is 12.6. The first-order chi connectivity index (χ1) is 11.8. The molecule has 1 aromatic carbocycles. The molecule has 0 aliphatic rings. The second-order valence-corrected chi connectivity index (χ2v) is 6.40. The Morgan fingerprint density at radius 3 is 2.56 bits per heavy atom. The molecular weight excluding hydrogens is 353 g/mol. The summed E-state index contributed by atoms with van der Waals surface area (Å²) < 4.78 is 37.7. The van der Waals surface area contributed by atoms with Crippen LogP contribution in [0.2, 0.25) is 0 Å². The molecule has 1 unspecified atom stereocenters. The van der Waals surface area contributed by atoms with Gasteiger partial charge in [-0.3, -0.25) is 4.79 Å². The molecule has 0 fully saturated rings. The van der Waals surface area contributed by atoms with Crippen LogP contribution in [0, 0.1) is 0 Å². The Morgan fingerprint density at radius 2 is 1.96 bits per heavy atom. The average Bonchev–Trinajstić information content (AvgIpc) is 3.05. The number of nitrogens with zero attached hydrogens (tertiary/aromatic N) is 1. The van der Waals surface area contributed by atoms with Crippen LogP contribution in [0.1, 0.15) is 23.4 Å². The van der Waals surface area contributed by atoms with Crippen molar-refractivity contribution in [1.29, 1.82) is 0 Å². The summed E-state index contributed by atoms with van der Waals surface area (Å²) in [5.74, 6) is -0.278. The van der Waals surface area contributed by atoms with Crippen molar-refractivity contribution in [2.45, 2.75) is 31.6 Å². The zero-order valence-electron chi connectivity index (χ0n) is 13.3. The smallest absolute Gasteiger partial charge is 0.348 e. The molecule has 0 radical (unpaired) electrons. The second-order valence-electron chi connectivity index (χ2n) is 5.46. The molecule has 0 spiro atoms. The van der Waals surface area contributed by atoms with E-state index in [4.69, 9.17) is 11.5 Å². The van der Waals surface area contributed by atoms with Crippen LogP contribution in [-0.2, 0) is 17.5 Å². The van der Waals surface area contributed by atoms with Gasteiger partial charge in [-0.15, -0.1) is 11.3 Å². The van der Waals surface area contributed by atoms with E-state index in [-0.39, 0.29) is 12.5 Å². The van der Waals surface area contributed by atoms with E-state index in [2.05, 4.69) is 10.3 Å². The number of thiazole rings is 1. The monoisotopic (exact) mass is 372 g/mol. The van der Waals surface area contributed by atoms with Crippen molar-refractivity contribution in [1.82, 2.24) is 10.3 Å². The number of carbonyl (C=O) groups is 1. The van der Waals surface area contributed by atoms with E-state index >= 15 is 0 Å². The summed E-state index contributed by atoms with van der Waals surface area (Å²) in [4.78, 5) is 16.2. The van der Waals surface area contributed by atoms with Gasteiger partial charge in [0.15, 0.2) is 0 Å². The summed E-state index contributed by atoms with van der Waals surface area (Å²) in [6.45, 7) is 0.699. The highest BCUT2D eigenvalue weighted by Gasteiger charge is 2.30. The number of nitrogens with two attached hydrogens (primary N) is 2. The van der Waals surface area contributed by atoms with Gasteiger partial charge in [0.2, 0.25) is 5.91 Å². The number of halogens is 3. The minimum Gasteiger partial charge on any atom is -0.348 e. The average molecular weight is 372 g/mol. The van der Waals surface area contributed by atoms with Crippen molar-refractivity contribution in [3.63, 3.8) is 0 Å². The molecule has 1 aromatic heterocycles. The van der Waals surface area contributed by atoms with E-state index < -0.39 is 17.8 Å². The number of hydrogen-bond acceptors (Lipinski definition) is 5. The molecule has 25 heavy (non-hydrogen) atoms. The zero-order chi connectivity index (χ0) is 18.4. The largest absolute Gasteiger partial charge is 0.416 e. The van der Waals surface area contributed by atoms with Crippen LogP contribution in [0.25, 0.3) is 11.3 Å². The minimum absolute atomic E-state index is 0.223. The van der Waals surface area contributed by atoms with Gasteiger partial charge in [-0.1, -0.05) is 12.1 Å². The van der Waals surface area contributed by atoms with Crippen LogP contribution in [0.5, 0.6) is 0 Å². The number of amides is 1. The molecule has 5 N–H and O–H groups in total. The Balaban J connectivity index is 1.95. The van der Waals surface area contributed by atoms with Crippen molar-refractivity contribution in [2.24, 2.45) is 11.5 Å². The molecule has 9 heteroatoms. The van der Waals surface area contributed by atoms with Crippen molar-refractivity contribution in [3.05, 3.63) is 40.2 Å². The standard InChI is InChI=1S/C16H19F3N4OS/c17-16(18,19)11-5-3-10(4-6-11)13-9-25-14(23-13)8-22-15(24)12(21)2-1-7-20/h3-6,9,12H,1-2,7-8,20-21H2,(H,22,24). The number of aromatic nitrogens is 1. The van der Waals surface area contributed by atoms with Crippen LogP contribution >= 0.6 is 11.3 Å². The quantitative estimate of drug-likeness (QED) is 0.696. The van der Waals surface area contributed by atoms with Gasteiger partial charge < -0.3 is 16.8 Å². The highest BCUT2D eigenvalue weighted by atomic mass is 32.1. The molecule has 1 amide bonds. The van der Waals surface area contributed by atoms with Gasteiger partial charge >= 0.3 is 6.18 Å². The van der Waals surface area contributed by atoms with Gasteiger partial charge in [-0.2, -0.15) is 13.2 Å². The number of carbonyl (C=O) groups excluding carboxylic acids is 1. The Morgan fingerprint density at radius 1 is 1.28 bits per heavy atom. The Hall–Kier alpha value is -1.97. The van der Waals surface area contributed by atoms with E-state index in [0.29, 0.717) is 35.7 Å². The van der Waals surface area contributed by atoms with E-state index in [1.54, 1.807) is 5.38 Å². The molecule has 0 saturated heterocycles. The first kappa shape index (κ1) is 19.4. The van der Waals surface area contributed by atoms with Crippen molar-refractivity contribution in [3.8, 4) is 11.3 Å². The topological polar surface area (TPSA) is 94.0 Å². The third-order valence-electron chi connectivity index (χ3n) is 3.53. The Bertz CT molecular complexity index is 700. The maximum absolute atomic E-state index is 12.6. The molecule has 0 bridgehead atoms. The Kier molecular flexibility index (Phi) is 6.51. The summed E-state index contributed by atoms with van der Waals surface area (Å²) >= 11 is 1.32. The van der Waals surface area contributed by atoms with Crippen molar-refractivity contribution >= 4 is 17.2 Å². The lowest BCUT2D eigenvalue weighted by atomic mass is 10.1. The first-order valence-corrected chi connectivity index (χ1v) is 8.54. The summed E-state index contributed by atoms with van der Waals surface area (Å²) in [5, 5.41) is 5.08.